The normalized spacial score (nSPS) is 27.1. The minimum Gasteiger partial charge on any atom is -0.481 e. The number of aliphatic carboxylic acids is 1. The Bertz CT molecular complexity index is 368. The molecule has 2 N–H and O–H groups in total. The van der Waals surface area contributed by atoms with Gasteiger partial charge in [0.2, 0.25) is 5.91 Å². The highest BCUT2D eigenvalue weighted by atomic mass is 16.5. The van der Waals surface area contributed by atoms with Gasteiger partial charge in [-0.25, -0.2) is 0 Å². The van der Waals surface area contributed by atoms with Gasteiger partial charge in [-0.1, -0.05) is 19.3 Å². The Balaban J connectivity index is 1.70. The lowest BCUT2D eigenvalue weighted by atomic mass is 9.95. The van der Waals surface area contributed by atoms with Gasteiger partial charge in [0.05, 0.1) is 18.6 Å². The van der Waals surface area contributed by atoms with Crippen LogP contribution in [0.2, 0.25) is 0 Å². The third-order valence-electron chi connectivity index (χ3n) is 4.53. The Kier molecular flexibility index (Phi) is 7.12. The van der Waals surface area contributed by atoms with Crippen molar-refractivity contribution in [1.29, 1.82) is 0 Å². The van der Waals surface area contributed by atoms with Gasteiger partial charge in [0, 0.05) is 25.7 Å². The molecule has 22 heavy (non-hydrogen) atoms. The molecule has 0 aromatic carbocycles. The fourth-order valence-corrected chi connectivity index (χ4v) is 3.22. The van der Waals surface area contributed by atoms with Crippen LogP contribution in [0.25, 0.3) is 0 Å². The summed E-state index contributed by atoms with van der Waals surface area (Å²) in [5, 5.41) is 12.2. The van der Waals surface area contributed by atoms with Gasteiger partial charge in [-0.15, -0.1) is 0 Å². The maximum atomic E-state index is 12.0. The van der Waals surface area contributed by atoms with Crippen LogP contribution in [0.1, 0.15) is 51.4 Å². The predicted molar refractivity (Wildman–Crippen MR) is 80.6 cm³/mol. The molecular weight excluding hydrogens is 286 g/mol. The first-order valence-electron chi connectivity index (χ1n) is 8.38. The molecule has 6 heteroatoms. The van der Waals surface area contributed by atoms with E-state index in [1.165, 1.54) is 0 Å². The van der Waals surface area contributed by atoms with Gasteiger partial charge in [0.15, 0.2) is 0 Å². The molecule has 0 unspecified atom stereocenters. The summed E-state index contributed by atoms with van der Waals surface area (Å²) >= 11 is 0. The molecule has 1 aliphatic heterocycles. The molecule has 1 saturated heterocycles. The first-order chi connectivity index (χ1) is 10.7. The molecule has 1 saturated carbocycles. The lowest BCUT2D eigenvalue weighted by molar-refractivity contribution is -0.143. The number of hydrogen-bond acceptors (Lipinski definition) is 4. The molecule has 2 fully saturated rings. The van der Waals surface area contributed by atoms with E-state index in [9.17, 15) is 14.7 Å². The lowest BCUT2D eigenvalue weighted by Crippen LogP contribution is -2.43. The molecule has 1 amide bonds. The molecular formula is C16H27NO5. The van der Waals surface area contributed by atoms with Crippen molar-refractivity contribution < 1.29 is 24.2 Å². The van der Waals surface area contributed by atoms with Crippen LogP contribution in [0.3, 0.4) is 0 Å². The van der Waals surface area contributed by atoms with Crippen molar-refractivity contribution >= 4 is 11.9 Å². The highest BCUT2D eigenvalue weighted by molar-refractivity contribution is 5.78. The molecule has 0 spiro atoms. The topological polar surface area (TPSA) is 84.9 Å². The lowest BCUT2D eigenvalue weighted by Gasteiger charge is -2.24. The summed E-state index contributed by atoms with van der Waals surface area (Å²) in [7, 11) is 0. The first-order valence-corrected chi connectivity index (χ1v) is 8.38. The summed E-state index contributed by atoms with van der Waals surface area (Å²) in [5.41, 5.74) is 0. The van der Waals surface area contributed by atoms with E-state index in [0.717, 1.165) is 51.7 Å². The molecule has 2 aliphatic rings. The van der Waals surface area contributed by atoms with Crippen molar-refractivity contribution in [2.45, 2.75) is 63.5 Å². The summed E-state index contributed by atoms with van der Waals surface area (Å²) in [5.74, 6) is -1.36. The van der Waals surface area contributed by atoms with Crippen LogP contribution >= 0.6 is 0 Å². The fourth-order valence-electron chi connectivity index (χ4n) is 3.22. The van der Waals surface area contributed by atoms with Crippen LogP contribution in [-0.2, 0) is 19.1 Å². The van der Waals surface area contributed by atoms with E-state index in [1.54, 1.807) is 0 Å². The predicted octanol–water partition coefficient (Wildman–Crippen LogP) is 1.72. The van der Waals surface area contributed by atoms with Crippen LogP contribution in [0, 0.1) is 5.92 Å². The molecule has 1 aliphatic carbocycles. The van der Waals surface area contributed by atoms with Crippen LogP contribution in [0.5, 0.6) is 0 Å². The second kappa shape index (κ2) is 9.10. The SMILES string of the molecule is O=C(CCOC1CCOCC1)N[C@H]1CCCCC[C@H]1C(=O)O. The van der Waals surface area contributed by atoms with Crippen LogP contribution in [0.4, 0.5) is 0 Å². The van der Waals surface area contributed by atoms with Crippen LogP contribution in [0.15, 0.2) is 0 Å². The van der Waals surface area contributed by atoms with Gasteiger partial charge < -0.3 is 19.9 Å². The Morgan fingerprint density at radius 1 is 1.09 bits per heavy atom. The van der Waals surface area contributed by atoms with Crippen molar-refractivity contribution in [3.63, 3.8) is 0 Å². The fraction of sp³-hybridized carbons (Fsp3) is 0.875. The second-order valence-electron chi connectivity index (χ2n) is 6.19. The average Bonchev–Trinajstić information content (AvgIpc) is 2.74. The molecule has 1 heterocycles. The number of carbonyl (C=O) groups excluding carboxylic acids is 1. The second-order valence-corrected chi connectivity index (χ2v) is 6.19. The number of rotatable bonds is 6. The smallest absolute Gasteiger partial charge is 0.308 e. The Morgan fingerprint density at radius 3 is 2.55 bits per heavy atom. The summed E-state index contributed by atoms with van der Waals surface area (Å²) in [6.45, 7) is 1.83. The summed E-state index contributed by atoms with van der Waals surface area (Å²) < 4.78 is 10.9. The maximum absolute atomic E-state index is 12.0. The van der Waals surface area contributed by atoms with E-state index >= 15 is 0 Å². The van der Waals surface area contributed by atoms with E-state index in [-0.39, 0.29) is 18.1 Å². The number of carboxylic acids is 1. The van der Waals surface area contributed by atoms with Crippen molar-refractivity contribution in [2.24, 2.45) is 5.92 Å². The third-order valence-corrected chi connectivity index (χ3v) is 4.53. The minimum atomic E-state index is -0.800. The zero-order valence-corrected chi connectivity index (χ0v) is 13.1. The van der Waals surface area contributed by atoms with Crippen molar-refractivity contribution in [1.82, 2.24) is 5.32 Å². The minimum absolute atomic E-state index is 0.106. The largest absolute Gasteiger partial charge is 0.481 e. The maximum Gasteiger partial charge on any atom is 0.308 e. The molecule has 2 rings (SSSR count). The van der Waals surface area contributed by atoms with Crippen molar-refractivity contribution in [2.75, 3.05) is 19.8 Å². The molecule has 0 radical (unpaired) electrons. The Hall–Kier alpha value is -1.14. The van der Waals surface area contributed by atoms with E-state index < -0.39 is 11.9 Å². The van der Waals surface area contributed by atoms with Gasteiger partial charge in [0.1, 0.15) is 0 Å². The number of amides is 1. The third kappa shape index (κ3) is 5.57. The van der Waals surface area contributed by atoms with Gasteiger partial charge in [-0.3, -0.25) is 9.59 Å². The number of nitrogens with one attached hydrogen (secondary N) is 1. The van der Waals surface area contributed by atoms with E-state index in [4.69, 9.17) is 9.47 Å². The molecule has 0 aromatic rings. The molecule has 126 valence electrons. The Labute approximate surface area is 131 Å². The monoisotopic (exact) mass is 313 g/mol. The highest BCUT2D eigenvalue weighted by Crippen LogP contribution is 2.24. The van der Waals surface area contributed by atoms with Crippen molar-refractivity contribution in [3.05, 3.63) is 0 Å². The van der Waals surface area contributed by atoms with E-state index in [1.807, 2.05) is 0 Å². The number of ether oxygens (including phenoxy) is 2. The van der Waals surface area contributed by atoms with Crippen LogP contribution in [-0.4, -0.2) is 48.9 Å². The van der Waals surface area contributed by atoms with E-state index in [0.29, 0.717) is 19.4 Å². The quantitative estimate of drug-likeness (QED) is 0.729. The zero-order chi connectivity index (χ0) is 15.8. The molecule has 2 atom stereocenters. The number of carboxylic acid groups (broad SMARTS) is 1. The first kappa shape index (κ1) is 17.2. The Morgan fingerprint density at radius 2 is 1.82 bits per heavy atom. The standard InChI is InChI=1S/C16H27NO5/c18-15(8-11-22-12-6-9-21-10-7-12)17-14-5-3-1-2-4-13(14)16(19)20/h12-14H,1-11H2,(H,17,18)(H,19,20)/t13-,14+/m1/s1. The van der Waals surface area contributed by atoms with Crippen LogP contribution < -0.4 is 5.32 Å². The summed E-state index contributed by atoms with van der Waals surface area (Å²) in [4.78, 5) is 23.4. The van der Waals surface area contributed by atoms with Gasteiger partial charge >= 0.3 is 5.97 Å². The van der Waals surface area contributed by atoms with E-state index in [2.05, 4.69) is 5.32 Å². The molecule has 0 bridgehead atoms. The number of hydrogen-bond donors (Lipinski definition) is 2. The van der Waals surface area contributed by atoms with Gasteiger partial charge in [0.25, 0.3) is 0 Å². The summed E-state index contributed by atoms with van der Waals surface area (Å²) in [6.07, 6.45) is 6.59. The van der Waals surface area contributed by atoms with Crippen molar-refractivity contribution in [3.8, 4) is 0 Å². The van der Waals surface area contributed by atoms with Gasteiger partial charge in [-0.05, 0) is 25.7 Å². The summed E-state index contributed by atoms with van der Waals surface area (Å²) in [6, 6.07) is -0.240. The molecule has 6 nitrogen and oxygen atoms in total. The van der Waals surface area contributed by atoms with Gasteiger partial charge in [-0.2, -0.15) is 0 Å². The molecule has 0 aromatic heterocycles. The highest BCUT2D eigenvalue weighted by Gasteiger charge is 2.30. The number of carbonyl (C=O) groups is 2. The zero-order valence-electron chi connectivity index (χ0n) is 13.1. The average molecular weight is 313 g/mol.